The third kappa shape index (κ3) is 13.7. The zero-order chi connectivity index (χ0) is 67.1. The third-order valence-corrected chi connectivity index (χ3v) is 24.5. The van der Waals surface area contributed by atoms with Crippen molar-refractivity contribution in [3.63, 3.8) is 0 Å². The quantitative estimate of drug-likeness (QED) is 0.149. The van der Waals surface area contributed by atoms with Crippen molar-refractivity contribution in [2.75, 3.05) is 102 Å². The van der Waals surface area contributed by atoms with Crippen LogP contribution in [0.25, 0.3) is 11.1 Å². The van der Waals surface area contributed by atoms with E-state index in [4.69, 9.17) is 17.0 Å². The molecule has 1 amide bonds. The summed E-state index contributed by atoms with van der Waals surface area (Å²) >= 11 is 5.72. The van der Waals surface area contributed by atoms with E-state index in [1.165, 1.54) is 146 Å². The first-order chi connectivity index (χ1) is 47.8. The maximum absolute atomic E-state index is 13.2. The van der Waals surface area contributed by atoms with E-state index in [9.17, 15) is 4.79 Å². The molecule has 10 aliphatic rings. The second-order valence-electron chi connectivity index (χ2n) is 30.3. The summed E-state index contributed by atoms with van der Waals surface area (Å²) in [5.74, 6) is 4.02. The zero-order valence-corrected chi connectivity index (χ0v) is 60.0. The average molecular weight is 1320 g/mol. The molecular weight excluding hydrogens is 1220 g/mol. The Hall–Kier alpha value is -7.80. The highest BCUT2D eigenvalue weighted by Crippen LogP contribution is 2.54. The van der Waals surface area contributed by atoms with E-state index in [1.807, 2.05) is 48.5 Å². The molecule has 18 rings (SSSR count). The molecule has 0 unspecified atom stereocenters. The predicted octanol–water partition coefficient (Wildman–Crippen LogP) is 18.4. The highest BCUT2D eigenvalue weighted by atomic mass is 32.1. The number of hydrogen-bond donors (Lipinski definition) is 1. The molecule has 6 fully saturated rings. The number of rotatable bonds is 8. The summed E-state index contributed by atoms with van der Waals surface area (Å²) in [5.41, 5.74) is 26.2. The Bertz CT molecular complexity index is 4180. The lowest BCUT2D eigenvalue weighted by Gasteiger charge is -2.37. The largest absolute Gasteiger partial charge is 0.497 e. The first-order valence-corrected chi connectivity index (χ1v) is 37.5. The van der Waals surface area contributed by atoms with Crippen molar-refractivity contribution in [2.24, 2.45) is 0 Å². The summed E-state index contributed by atoms with van der Waals surface area (Å²) in [5, 5.41) is 4.23. The van der Waals surface area contributed by atoms with Crippen molar-refractivity contribution >= 4 is 40.3 Å². The number of fused-ring (bicyclic) bond motifs is 20. The number of hydrogen-bond acceptors (Lipinski definition) is 8. The number of carbonyl (C=O) groups is 1. The Balaban J connectivity index is 0.000000110. The van der Waals surface area contributed by atoms with Gasteiger partial charge in [0.15, 0.2) is 5.11 Å². The van der Waals surface area contributed by atoms with Crippen LogP contribution in [0.5, 0.6) is 5.75 Å². The number of nitrogens with zero attached hydrogens (tertiary/aromatic N) is 7. The summed E-state index contributed by atoms with van der Waals surface area (Å²) in [6.45, 7) is 20.5. The maximum atomic E-state index is 13.2. The van der Waals surface area contributed by atoms with Gasteiger partial charge in [-0.25, -0.2) is 0 Å². The SMILES string of the molecule is COc1ccc(NC(=S)N2CCN(c3ccc4c(c3)[C@@H]3CCN(C)[C@H]4C3)CC2)c(C)c1.Cc1ccc(C(=O)N2CC[C@@H]3C[C@H]2c2cc(-c4ccccc4)ccc23)cc1.Cc1ccc2c(c1)[C@@H]1C[C@H]2CCN1C.Cc1cccc(CN2CC[C@@H]3C[C@H]2c2cc(N4CCCCC4)ccc23)c1. The zero-order valence-electron chi connectivity index (χ0n) is 59.2. The normalized spacial score (nSPS) is 23.9. The van der Waals surface area contributed by atoms with Crippen LogP contribution in [0.1, 0.15) is 201 Å². The Labute approximate surface area is 590 Å². The molecule has 8 atom stereocenters. The minimum Gasteiger partial charge on any atom is -0.497 e. The van der Waals surface area contributed by atoms with Crippen LogP contribution in [0.2, 0.25) is 0 Å². The lowest BCUT2D eigenvalue weighted by atomic mass is 9.94. The van der Waals surface area contributed by atoms with Crippen molar-refractivity contribution in [1.82, 2.24) is 24.5 Å². The van der Waals surface area contributed by atoms with Crippen LogP contribution >= 0.6 is 12.2 Å². The number of amides is 1. The van der Waals surface area contributed by atoms with Gasteiger partial charge in [0.25, 0.3) is 5.91 Å². The third-order valence-electron chi connectivity index (χ3n) is 24.2. The van der Waals surface area contributed by atoms with Crippen LogP contribution < -0.4 is 19.9 Å². The summed E-state index contributed by atoms with van der Waals surface area (Å²) in [4.78, 5) is 30.5. The summed E-state index contributed by atoms with van der Waals surface area (Å²) in [6.07, 6.45) is 14.2. The van der Waals surface area contributed by atoms with Gasteiger partial charge in [-0.3, -0.25) is 19.5 Å². The van der Waals surface area contributed by atoms with Gasteiger partial charge in [-0.1, -0.05) is 126 Å². The number of ether oxygens (including phenoxy) is 1. The van der Waals surface area contributed by atoms with Gasteiger partial charge in [-0.2, -0.15) is 0 Å². The van der Waals surface area contributed by atoms with E-state index < -0.39 is 0 Å². The van der Waals surface area contributed by atoms with Crippen molar-refractivity contribution in [1.29, 1.82) is 0 Å². The van der Waals surface area contributed by atoms with E-state index in [0.29, 0.717) is 24.0 Å². The number of likely N-dealkylation sites (tertiary alicyclic amines) is 4. The molecule has 4 aliphatic carbocycles. The second-order valence-corrected chi connectivity index (χ2v) is 30.7. The lowest BCUT2D eigenvalue weighted by molar-refractivity contribution is 0.0620. The van der Waals surface area contributed by atoms with E-state index >= 15 is 0 Å². The number of anilines is 3. The summed E-state index contributed by atoms with van der Waals surface area (Å²) in [7, 11) is 6.23. The number of nitrogens with one attached hydrogen (secondary N) is 1. The van der Waals surface area contributed by atoms with E-state index in [1.54, 1.807) is 40.5 Å². The van der Waals surface area contributed by atoms with Gasteiger partial charge in [0.05, 0.1) is 13.2 Å². The van der Waals surface area contributed by atoms with Crippen LogP contribution in [0.3, 0.4) is 0 Å². The molecule has 8 aromatic rings. The minimum absolute atomic E-state index is 0.163. The standard InChI is InChI=1S/C25H32N4OS.C25H23NO.C24H30N2.C13H17N/c1-17-14-20(30-3)5-7-23(17)26-25(31)29-12-10-28(11-13-29)19-4-6-21-22(16-19)18-8-9-27(2)24(21)15-18;1-17-7-9-19(10-8-17)25(27)26-14-13-21-16-24(26)23-15-20(11-12-22(21)23)18-5-3-2-4-6-18;1-18-6-5-7-19(14-18)17-26-13-10-20-15-24(26)23-16-21(8-9-22(20)23)25-11-3-2-4-12-25;1-9-3-4-11-10-5-6-14(2)13(8-10)12(11)7-9/h4-7,14,16,18,24H,8-13,15H2,1-3H3,(H,26,31);2-12,15,21,24H,13-14,16H2,1H3;5-9,14,16,20,24H,2-4,10-13,15,17H2,1H3;3-4,7,10,13H,5-6,8H2,1-2H3/t18-,24+;21-,24+;20-,24+;10-,13+/m1111/s1. The molecule has 0 spiro atoms. The molecule has 98 heavy (non-hydrogen) atoms. The number of methoxy groups -OCH3 is 1. The summed E-state index contributed by atoms with van der Waals surface area (Å²) in [6, 6.07) is 64.2. The van der Waals surface area contributed by atoms with Crippen LogP contribution in [-0.4, -0.2) is 122 Å². The number of aryl methyl sites for hydroxylation is 4. The van der Waals surface area contributed by atoms with E-state index in [0.717, 1.165) is 97.5 Å². The number of thiocarbonyl (C=S) groups is 1. The molecule has 8 bridgehead atoms. The molecule has 6 heterocycles. The van der Waals surface area contributed by atoms with Crippen molar-refractivity contribution < 1.29 is 9.53 Å². The smallest absolute Gasteiger partial charge is 0.254 e. The molecule has 0 aromatic heterocycles. The average Bonchev–Trinajstić information content (AvgIpc) is 1.61. The monoisotopic (exact) mass is 1320 g/mol. The predicted molar refractivity (Wildman–Crippen MR) is 408 cm³/mol. The summed E-state index contributed by atoms with van der Waals surface area (Å²) < 4.78 is 5.30. The minimum atomic E-state index is 0.163. The number of piperidine rings is 5. The molecule has 6 aliphatic heterocycles. The number of carbonyl (C=O) groups excluding carboxylic acids is 1. The van der Waals surface area contributed by atoms with E-state index in [-0.39, 0.29) is 11.9 Å². The van der Waals surface area contributed by atoms with Gasteiger partial charge in [-0.05, 0) is 295 Å². The lowest BCUT2D eigenvalue weighted by Crippen LogP contribution is -2.50. The molecule has 10 nitrogen and oxygen atoms in total. The first kappa shape index (κ1) is 66.1. The molecule has 0 saturated carbocycles. The van der Waals surface area contributed by atoms with E-state index in [2.05, 4.69) is 203 Å². The molecule has 11 heteroatoms. The molecule has 6 saturated heterocycles. The maximum Gasteiger partial charge on any atom is 0.254 e. The van der Waals surface area contributed by atoms with Gasteiger partial charge in [0.1, 0.15) is 5.75 Å². The topological polar surface area (TPSA) is 61.0 Å². The Kier molecular flexibility index (Phi) is 19.4. The Morgan fingerprint density at radius 2 is 1.03 bits per heavy atom. The van der Waals surface area contributed by atoms with Crippen molar-refractivity contribution in [3.8, 4) is 16.9 Å². The second kappa shape index (κ2) is 28.8. The highest BCUT2D eigenvalue weighted by Gasteiger charge is 2.43. The van der Waals surface area contributed by atoms with Gasteiger partial charge in [-0.15, -0.1) is 0 Å². The first-order valence-electron chi connectivity index (χ1n) is 37.1. The fraction of sp³-hybridized carbons (Fsp3) is 0.425. The fourth-order valence-corrected chi connectivity index (χ4v) is 18.9. The molecular formula is C87H102N8O2S. The highest BCUT2D eigenvalue weighted by molar-refractivity contribution is 7.80. The molecule has 1 N–H and O–H groups in total. The van der Waals surface area contributed by atoms with Crippen LogP contribution in [0.15, 0.2) is 170 Å². The van der Waals surface area contributed by atoms with Crippen LogP contribution in [0.4, 0.5) is 17.1 Å². The van der Waals surface area contributed by atoms with Gasteiger partial charge in [0, 0.05) is 93.1 Å². The van der Waals surface area contributed by atoms with Gasteiger partial charge < -0.3 is 29.7 Å². The van der Waals surface area contributed by atoms with Crippen LogP contribution in [0, 0.1) is 27.7 Å². The molecule has 8 aromatic carbocycles. The van der Waals surface area contributed by atoms with Crippen molar-refractivity contribution in [3.05, 3.63) is 248 Å². The number of benzene rings is 8. The number of piperazine rings is 1. The van der Waals surface area contributed by atoms with Crippen LogP contribution in [-0.2, 0) is 6.54 Å². The Morgan fingerprint density at radius 3 is 1.72 bits per heavy atom. The Morgan fingerprint density at radius 1 is 0.459 bits per heavy atom. The van der Waals surface area contributed by atoms with Gasteiger partial charge >= 0.3 is 0 Å². The molecule has 0 radical (unpaired) electrons. The molecule has 508 valence electrons. The van der Waals surface area contributed by atoms with Crippen molar-refractivity contribution in [2.45, 2.75) is 153 Å². The fourth-order valence-electron chi connectivity index (χ4n) is 18.6. The van der Waals surface area contributed by atoms with Gasteiger partial charge in [0.2, 0.25) is 0 Å².